The SMILES string of the molecule is CCC(NC(=O)CN(c1cc(C)ccc1C)S(C)(=O)=O)c1ccc(OC)c(OC)c1. The topological polar surface area (TPSA) is 84.9 Å². The summed E-state index contributed by atoms with van der Waals surface area (Å²) < 4.78 is 36.6. The zero-order valence-electron chi connectivity index (χ0n) is 18.4. The lowest BCUT2D eigenvalue weighted by Gasteiger charge is -2.26. The number of aryl methyl sites for hydroxylation is 2. The van der Waals surface area contributed by atoms with E-state index in [0.29, 0.717) is 23.6 Å². The average Bonchev–Trinajstić information content (AvgIpc) is 2.70. The van der Waals surface area contributed by atoms with Crippen molar-refractivity contribution in [1.82, 2.24) is 5.32 Å². The normalized spacial score (nSPS) is 12.2. The van der Waals surface area contributed by atoms with Gasteiger partial charge in [0.25, 0.3) is 0 Å². The molecule has 30 heavy (non-hydrogen) atoms. The summed E-state index contributed by atoms with van der Waals surface area (Å²) in [5, 5.41) is 2.94. The van der Waals surface area contributed by atoms with Crippen molar-refractivity contribution in [2.24, 2.45) is 0 Å². The molecule has 1 atom stereocenters. The minimum absolute atomic E-state index is 0.294. The third-order valence-corrected chi connectivity index (χ3v) is 6.00. The first-order chi connectivity index (χ1) is 14.1. The van der Waals surface area contributed by atoms with Crippen LogP contribution in [0.2, 0.25) is 0 Å². The Labute approximate surface area is 179 Å². The van der Waals surface area contributed by atoms with Crippen LogP contribution >= 0.6 is 0 Å². The van der Waals surface area contributed by atoms with E-state index < -0.39 is 10.0 Å². The van der Waals surface area contributed by atoms with Crippen LogP contribution in [-0.2, 0) is 14.8 Å². The molecule has 0 heterocycles. The van der Waals surface area contributed by atoms with Crippen LogP contribution in [0.25, 0.3) is 0 Å². The minimum atomic E-state index is -3.64. The predicted molar refractivity (Wildman–Crippen MR) is 119 cm³/mol. The first-order valence-corrected chi connectivity index (χ1v) is 11.5. The Morgan fingerprint density at radius 3 is 2.30 bits per heavy atom. The summed E-state index contributed by atoms with van der Waals surface area (Å²) in [6, 6.07) is 10.7. The van der Waals surface area contributed by atoms with Crippen molar-refractivity contribution in [3.05, 3.63) is 53.1 Å². The van der Waals surface area contributed by atoms with Crippen LogP contribution in [0.3, 0.4) is 0 Å². The molecule has 0 spiro atoms. The van der Waals surface area contributed by atoms with Crippen LogP contribution < -0.4 is 19.1 Å². The molecule has 0 saturated carbocycles. The first kappa shape index (κ1) is 23.5. The molecule has 0 bridgehead atoms. The summed E-state index contributed by atoms with van der Waals surface area (Å²) in [5.41, 5.74) is 3.06. The predicted octanol–water partition coefficient (Wildman–Crippen LogP) is 3.35. The molecular formula is C22H30N2O5S. The summed E-state index contributed by atoms with van der Waals surface area (Å²) >= 11 is 0. The summed E-state index contributed by atoms with van der Waals surface area (Å²) in [6.45, 7) is 5.35. The zero-order valence-corrected chi connectivity index (χ0v) is 19.2. The molecule has 2 aromatic carbocycles. The highest BCUT2D eigenvalue weighted by Gasteiger charge is 2.24. The van der Waals surface area contributed by atoms with E-state index in [4.69, 9.17) is 9.47 Å². The number of amides is 1. The van der Waals surface area contributed by atoms with Crippen molar-refractivity contribution >= 4 is 21.6 Å². The molecule has 0 aliphatic carbocycles. The molecule has 1 unspecified atom stereocenters. The smallest absolute Gasteiger partial charge is 0.241 e. The fraction of sp³-hybridized carbons (Fsp3) is 0.409. The molecule has 164 valence electrons. The van der Waals surface area contributed by atoms with Gasteiger partial charge >= 0.3 is 0 Å². The number of methoxy groups -OCH3 is 2. The number of hydrogen-bond acceptors (Lipinski definition) is 5. The van der Waals surface area contributed by atoms with Gasteiger partial charge in [-0.2, -0.15) is 0 Å². The molecule has 8 heteroatoms. The highest BCUT2D eigenvalue weighted by Crippen LogP contribution is 2.31. The van der Waals surface area contributed by atoms with Gasteiger partial charge in [0, 0.05) is 0 Å². The molecule has 1 amide bonds. The Hall–Kier alpha value is -2.74. The highest BCUT2D eigenvalue weighted by molar-refractivity contribution is 7.92. The van der Waals surface area contributed by atoms with E-state index in [-0.39, 0.29) is 18.5 Å². The molecule has 0 fully saturated rings. The Morgan fingerprint density at radius 1 is 1.07 bits per heavy atom. The van der Waals surface area contributed by atoms with E-state index >= 15 is 0 Å². The first-order valence-electron chi connectivity index (χ1n) is 9.67. The summed E-state index contributed by atoms with van der Waals surface area (Å²) in [4.78, 5) is 12.8. The van der Waals surface area contributed by atoms with E-state index in [1.807, 2.05) is 45.0 Å². The van der Waals surface area contributed by atoms with E-state index in [2.05, 4.69) is 5.32 Å². The van der Waals surface area contributed by atoms with Crippen LogP contribution in [-0.4, -0.2) is 41.3 Å². The Bertz CT molecular complexity index is 1000. The number of hydrogen-bond donors (Lipinski definition) is 1. The van der Waals surface area contributed by atoms with Crippen LogP contribution in [0.5, 0.6) is 11.5 Å². The summed E-state index contributed by atoms with van der Waals surface area (Å²) in [6.07, 6.45) is 1.73. The van der Waals surface area contributed by atoms with E-state index in [1.165, 1.54) is 0 Å². The lowest BCUT2D eigenvalue weighted by molar-refractivity contribution is -0.120. The Balaban J connectivity index is 2.26. The Kier molecular flexibility index (Phi) is 7.72. The van der Waals surface area contributed by atoms with Crippen molar-refractivity contribution in [1.29, 1.82) is 0 Å². The highest BCUT2D eigenvalue weighted by atomic mass is 32.2. The third kappa shape index (κ3) is 5.66. The molecule has 1 N–H and O–H groups in total. The van der Waals surface area contributed by atoms with E-state index in [0.717, 1.165) is 27.3 Å². The fourth-order valence-corrected chi connectivity index (χ4v) is 4.14. The van der Waals surface area contributed by atoms with Gasteiger partial charge in [0.2, 0.25) is 15.9 Å². The standard InChI is InChI=1S/C22H30N2O5S/c1-7-18(17-10-11-20(28-4)21(13-17)29-5)23-22(25)14-24(30(6,26)27)19-12-15(2)8-9-16(19)3/h8-13,18H,7,14H2,1-6H3,(H,23,25). The monoisotopic (exact) mass is 434 g/mol. The number of carbonyl (C=O) groups excluding carboxylic acids is 1. The van der Waals surface area contributed by atoms with Gasteiger partial charge in [-0.3, -0.25) is 9.10 Å². The average molecular weight is 435 g/mol. The van der Waals surface area contributed by atoms with Crippen molar-refractivity contribution in [2.45, 2.75) is 33.2 Å². The Morgan fingerprint density at radius 2 is 1.73 bits per heavy atom. The summed E-state index contributed by atoms with van der Waals surface area (Å²) in [5.74, 6) is 0.777. The molecule has 2 aromatic rings. The van der Waals surface area contributed by atoms with Gasteiger partial charge in [-0.05, 0) is 55.2 Å². The number of benzene rings is 2. The molecule has 2 rings (SSSR count). The van der Waals surface area contributed by atoms with Gasteiger partial charge in [0.1, 0.15) is 6.54 Å². The zero-order chi connectivity index (χ0) is 22.5. The van der Waals surface area contributed by atoms with Crippen molar-refractivity contribution in [3.8, 4) is 11.5 Å². The van der Waals surface area contributed by atoms with Crippen molar-refractivity contribution in [2.75, 3.05) is 31.3 Å². The number of nitrogens with zero attached hydrogens (tertiary/aromatic N) is 1. The largest absolute Gasteiger partial charge is 0.493 e. The number of nitrogens with one attached hydrogen (secondary N) is 1. The van der Waals surface area contributed by atoms with Gasteiger partial charge in [0.15, 0.2) is 11.5 Å². The van der Waals surface area contributed by atoms with Crippen molar-refractivity contribution < 1.29 is 22.7 Å². The van der Waals surface area contributed by atoms with Gasteiger partial charge in [-0.15, -0.1) is 0 Å². The number of ether oxygens (including phenoxy) is 2. The maximum atomic E-state index is 12.8. The van der Waals surface area contributed by atoms with Crippen molar-refractivity contribution in [3.63, 3.8) is 0 Å². The number of sulfonamides is 1. The molecule has 0 radical (unpaired) electrons. The molecule has 7 nitrogen and oxygen atoms in total. The maximum Gasteiger partial charge on any atom is 0.241 e. The van der Waals surface area contributed by atoms with Crippen LogP contribution in [0.4, 0.5) is 5.69 Å². The molecule has 0 saturated heterocycles. The van der Waals surface area contributed by atoms with E-state index in [9.17, 15) is 13.2 Å². The second-order valence-electron chi connectivity index (χ2n) is 7.20. The number of anilines is 1. The summed E-state index contributed by atoms with van der Waals surface area (Å²) in [7, 11) is -0.533. The molecule has 0 aliphatic rings. The van der Waals surface area contributed by atoms with Crippen LogP contribution in [0.15, 0.2) is 36.4 Å². The lowest BCUT2D eigenvalue weighted by atomic mass is 10.0. The van der Waals surface area contributed by atoms with Crippen LogP contribution in [0.1, 0.15) is 36.1 Å². The number of rotatable bonds is 9. The maximum absolute atomic E-state index is 12.8. The second kappa shape index (κ2) is 9.84. The van der Waals surface area contributed by atoms with Gasteiger partial charge in [-0.1, -0.05) is 25.1 Å². The minimum Gasteiger partial charge on any atom is -0.493 e. The fourth-order valence-electron chi connectivity index (χ4n) is 3.23. The molecule has 0 aliphatic heterocycles. The number of carbonyl (C=O) groups is 1. The molecular weight excluding hydrogens is 404 g/mol. The van der Waals surface area contributed by atoms with Gasteiger partial charge in [-0.25, -0.2) is 8.42 Å². The lowest BCUT2D eigenvalue weighted by Crippen LogP contribution is -2.41. The third-order valence-electron chi connectivity index (χ3n) is 4.87. The quantitative estimate of drug-likeness (QED) is 0.654. The van der Waals surface area contributed by atoms with Gasteiger partial charge < -0.3 is 14.8 Å². The van der Waals surface area contributed by atoms with Crippen LogP contribution in [0, 0.1) is 13.8 Å². The second-order valence-corrected chi connectivity index (χ2v) is 9.11. The van der Waals surface area contributed by atoms with Gasteiger partial charge in [0.05, 0.1) is 32.2 Å². The van der Waals surface area contributed by atoms with E-state index in [1.54, 1.807) is 26.4 Å². The molecule has 0 aromatic heterocycles.